The van der Waals surface area contributed by atoms with Crippen molar-refractivity contribution in [3.05, 3.63) is 29.8 Å². The summed E-state index contributed by atoms with van der Waals surface area (Å²) in [4.78, 5) is 0. The van der Waals surface area contributed by atoms with Gasteiger partial charge in [-0.05, 0) is 49.3 Å². The summed E-state index contributed by atoms with van der Waals surface area (Å²) in [6, 6.07) is 8.54. The Bertz CT molecular complexity index is 404. The van der Waals surface area contributed by atoms with E-state index in [1.165, 1.54) is 63.4 Å². The molecule has 2 rings (SSSR count). The van der Waals surface area contributed by atoms with Crippen molar-refractivity contribution in [2.75, 3.05) is 13.4 Å². The summed E-state index contributed by atoms with van der Waals surface area (Å²) < 4.78 is 10.7. The highest BCUT2D eigenvalue weighted by Crippen LogP contribution is 2.34. The van der Waals surface area contributed by atoms with Crippen molar-refractivity contribution in [3.63, 3.8) is 0 Å². The predicted molar refractivity (Wildman–Crippen MR) is 96.9 cm³/mol. The summed E-state index contributed by atoms with van der Waals surface area (Å²) in [5, 5.41) is 0. The van der Waals surface area contributed by atoms with E-state index >= 15 is 0 Å². The maximum absolute atomic E-state index is 5.52. The van der Waals surface area contributed by atoms with Crippen molar-refractivity contribution in [2.24, 2.45) is 11.8 Å². The number of ether oxygens (including phenoxy) is 2. The van der Waals surface area contributed by atoms with Crippen molar-refractivity contribution in [3.8, 4) is 5.75 Å². The lowest BCUT2D eigenvalue weighted by Gasteiger charge is -2.28. The van der Waals surface area contributed by atoms with E-state index in [2.05, 4.69) is 31.2 Å². The molecule has 0 radical (unpaired) electrons. The number of rotatable bonds is 10. The monoisotopic (exact) mass is 318 g/mol. The van der Waals surface area contributed by atoms with Gasteiger partial charge in [0, 0.05) is 6.61 Å². The van der Waals surface area contributed by atoms with Crippen LogP contribution in [0.15, 0.2) is 24.3 Å². The van der Waals surface area contributed by atoms with Crippen molar-refractivity contribution >= 4 is 0 Å². The number of hydrogen-bond acceptors (Lipinski definition) is 2. The first-order chi connectivity index (χ1) is 11.3. The van der Waals surface area contributed by atoms with E-state index < -0.39 is 0 Å². The number of hydrogen-bond donors (Lipinski definition) is 0. The van der Waals surface area contributed by atoms with Crippen LogP contribution in [0.2, 0.25) is 0 Å². The third-order valence-electron chi connectivity index (χ3n) is 5.21. The summed E-state index contributed by atoms with van der Waals surface area (Å²) >= 11 is 0. The van der Waals surface area contributed by atoms with Crippen LogP contribution in [0, 0.1) is 11.8 Å². The summed E-state index contributed by atoms with van der Waals surface area (Å²) in [5.41, 5.74) is 1.43. The second-order valence-electron chi connectivity index (χ2n) is 6.97. The molecule has 0 amide bonds. The third kappa shape index (κ3) is 6.95. The average Bonchev–Trinajstić information content (AvgIpc) is 2.60. The molecule has 0 N–H and O–H groups in total. The minimum atomic E-state index is 0.344. The Morgan fingerprint density at radius 3 is 2.17 bits per heavy atom. The van der Waals surface area contributed by atoms with E-state index in [-0.39, 0.29) is 0 Å². The molecule has 0 bridgehead atoms. The van der Waals surface area contributed by atoms with Crippen LogP contribution >= 0.6 is 0 Å². The van der Waals surface area contributed by atoms with Crippen LogP contribution < -0.4 is 4.74 Å². The van der Waals surface area contributed by atoms with Gasteiger partial charge in [0.15, 0.2) is 6.79 Å². The Balaban J connectivity index is 1.64. The fraction of sp³-hybridized carbons (Fsp3) is 0.714. The van der Waals surface area contributed by atoms with Crippen molar-refractivity contribution in [2.45, 2.75) is 71.6 Å². The SMILES string of the molecule is CCCCC1CCC(CCc2ccc(OCOCC)cc2)CC1. The minimum absolute atomic E-state index is 0.344. The van der Waals surface area contributed by atoms with Gasteiger partial charge in [-0.1, -0.05) is 64.0 Å². The Labute approximate surface area is 142 Å². The van der Waals surface area contributed by atoms with Crippen LogP contribution in [0.5, 0.6) is 5.75 Å². The Morgan fingerprint density at radius 2 is 1.57 bits per heavy atom. The summed E-state index contributed by atoms with van der Waals surface area (Å²) in [6.45, 7) is 5.32. The molecule has 1 aromatic rings. The van der Waals surface area contributed by atoms with Gasteiger partial charge >= 0.3 is 0 Å². The molecule has 130 valence electrons. The molecule has 0 aliphatic heterocycles. The van der Waals surface area contributed by atoms with Gasteiger partial charge in [0.2, 0.25) is 0 Å². The van der Waals surface area contributed by atoms with E-state index in [0.29, 0.717) is 13.4 Å². The Kier molecular flexibility index (Phi) is 8.52. The van der Waals surface area contributed by atoms with E-state index in [4.69, 9.17) is 9.47 Å². The summed E-state index contributed by atoms with van der Waals surface area (Å²) in [5.74, 6) is 2.87. The predicted octanol–water partition coefficient (Wildman–Crippen LogP) is 5.99. The molecule has 0 saturated heterocycles. The molecular formula is C21H34O2. The fourth-order valence-electron chi connectivity index (χ4n) is 3.62. The van der Waals surface area contributed by atoms with E-state index in [1.54, 1.807) is 0 Å². The molecule has 2 heteroatoms. The number of benzene rings is 1. The normalized spacial score (nSPS) is 21.3. The first kappa shape index (κ1) is 18.3. The Hall–Kier alpha value is -1.02. The van der Waals surface area contributed by atoms with Crippen LogP contribution in [-0.2, 0) is 11.2 Å². The van der Waals surface area contributed by atoms with Crippen LogP contribution in [0.25, 0.3) is 0 Å². The quantitative estimate of drug-likeness (QED) is 0.390. The maximum atomic E-state index is 5.52. The molecule has 0 spiro atoms. The first-order valence-electron chi connectivity index (χ1n) is 9.61. The van der Waals surface area contributed by atoms with E-state index in [1.807, 2.05) is 6.92 Å². The minimum Gasteiger partial charge on any atom is -0.468 e. The fourth-order valence-corrected chi connectivity index (χ4v) is 3.62. The zero-order chi connectivity index (χ0) is 16.3. The van der Waals surface area contributed by atoms with Gasteiger partial charge in [-0.3, -0.25) is 0 Å². The van der Waals surface area contributed by atoms with Gasteiger partial charge in [-0.2, -0.15) is 0 Å². The number of unbranched alkanes of at least 4 members (excludes halogenated alkanes) is 1. The highest BCUT2D eigenvalue weighted by Gasteiger charge is 2.20. The van der Waals surface area contributed by atoms with Gasteiger partial charge < -0.3 is 9.47 Å². The molecule has 1 fully saturated rings. The van der Waals surface area contributed by atoms with Crippen molar-refractivity contribution < 1.29 is 9.47 Å². The van der Waals surface area contributed by atoms with Crippen LogP contribution in [0.4, 0.5) is 0 Å². The molecular weight excluding hydrogens is 284 g/mol. The smallest absolute Gasteiger partial charge is 0.189 e. The topological polar surface area (TPSA) is 18.5 Å². The molecule has 0 unspecified atom stereocenters. The van der Waals surface area contributed by atoms with Gasteiger partial charge in [-0.25, -0.2) is 0 Å². The van der Waals surface area contributed by atoms with Gasteiger partial charge in [0.25, 0.3) is 0 Å². The summed E-state index contributed by atoms with van der Waals surface area (Å²) in [7, 11) is 0. The number of aryl methyl sites for hydroxylation is 1. The largest absolute Gasteiger partial charge is 0.468 e. The molecule has 0 atom stereocenters. The zero-order valence-electron chi connectivity index (χ0n) is 15.1. The molecule has 1 aliphatic carbocycles. The highest BCUT2D eigenvalue weighted by molar-refractivity contribution is 5.27. The van der Waals surface area contributed by atoms with E-state index in [0.717, 1.165) is 17.6 Å². The second-order valence-corrected chi connectivity index (χ2v) is 6.97. The third-order valence-corrected chi connectivity index (χ3v) is 5.21. The highest BCUT2D eigenvalue weighted by atomic mass is 16.7. The molecule has 1 aliphatic rings. The van der Waals surface area contributed by atoms with E-state index in [9.17, 15) is 0 Å². The van der Waals surface area contributed by atoms with Gasteiger partial charge in [0.05, 0.1) is 0 Å². The lowest BCUT2D eigenvalue weighted by molar-refractivity contribution is 0.0224. The zero-order valence-corrected chi connectivity index (χ0v) is 15.1. The van der Waals surface area contributed by atoms with Crippen LogP contribution in [-0.4, -0.2) is 13.4 Å². The second kappa shape index (κ2) is 10.7. The maximum Gasteiger partial charge on any atom is 0.189 e. The molecule has 2 nitrogen and oxygen atoms in total. The van der Waals surface area contributed by atoms with Gasteiger partial charge in [-0.15, -0.1) is 0 Å². The van der Waals surface area contributed by atoms with Crippen LogP contribution in [0.1, 0.15) is 70.8 Å². The van der Waals surface area contributed by atoms with Crippen LogP contribution in [0.3, 0.4) is 0 Å². The molecule has 23 heavy (non-hydrogen) atoms. The molecule has 0 heterocycles. The Morgan fingerprint density at radius 1 is 0.913 bits per heavy atom. The lowest BCUT2D eigenvalue weighted by Crippen LogP contribution is -2.15. The van der Waals surface area contributed by atoms with Gasteiger partial charge in [0.1, 0.15) is 5.75 Å². The standard InChI is InChI=1S/C21H34O2/c1-3-5-6-18-7-9-19(10-8-18)11-12-20-13-15-21(16-14-20)23-17-22-4-2/h13-16,18-19H,3-12,17H2,1-2H3. The summed E-state index contributed by atoms with van der Waals surface area (Å²) in [6.07, 6.45) is 12.6. The average molecular weight is 319 g/mol. The van der Waals surface area contributed by atoms with Crippen molar-refractivity contribution in [1.29, 1.82) is 0 Å². The molecule has 1 saturated carbocycles. The molecule has 1 aromatic carbocycles. The van der Waals surface area contributed by atoms with Crippen molar-refractivity contribution in [1.82, 2.24) is 0 Å². The lowest BCUT2D eigenvalue weighted by atomic mass is 9.78. The first-order valence-corrected chi connectivity index (χ1v) is 9.61. The molecule has 0 aromatic heterocycles.